The molecule has 4 N–H and O–H groups in total. The van der Waals surface area contributed by atoms with Crippen LogP contribution in [0.25, 0.3) is 0 Å². The van der Waals surface area contributed by atoms with Gasteiger partial charge >= 0.3 is 0 Å². The van der Waals surface area contributed by atoms with Gasteiger partial charge in [-0.2, -0.15) is 0 Å². The number of nitrogens with zero attached hydrogens (tertiary/aromatic N) is 1. The molecular weight excluding hydrogens is 345 g/mol. The molecule has 1 unspecified atom stereocenters. The van der Waals surface area contributed by atoms with Crippen LogP contribution in [0.3, 0.4) is 0 Å². The average Bonchev–Trinajstić information content (AvgIpc) is 2.62. The highest BCUT2D eigenvalue weighted by atomic mass is 31.2. The standard InChI is InChI=1S/C19H34N5OP/c1-26(25,24-18-9-5-4-6-10-18)16-8-3-2-7-13-22-19(20)23-17-11-14-21-15-12-17/h11-12,14-15,18H,2-10,13,16H2,1H3,(H,24,25)(H3,20,21,22,23). The smallest absolute Gasteiger partial charge is 0.192 e. The van der Waals surface area contributed by atoms with E-state index in [1.807, 2.05) is 18.8 Å². The molecule has 1 aromatic rings. The quantitative estimate of drug-likeness (QED) is 0.209. The van der Waals surface area contributed by atoms with E-state index in [9.17, 15) is 4.57 Å². The summed E-state index contributed by atoms with van der Waals surface area (Å²) in [5.74, 6) is 0.311. The maximum atomic E-state index is 12.7. The van der Waals surface area contributed by atoms with Crippen molar-refractivity contribution in [2.75, 3.05) is 24.7 Å². The molecule has 2 rings (SSSR count). The zero-order valence-electron chi connectivity index (χ0n) is 16.0. The van der Waals surface area contributed by atoms with Crippen LogP contribution in [0.1, 0.15) is 57.8 Å². The number of aromatic nitrogens is 1. The number of nitrogens with one attached hydrogen (secondary N) is 4. The lowest BCUT2D eigenvalue weighted by Crippen LogP contribution is -2.30. The number of guanidine groups is 1. The van der Waals surface area contributed by atoms with E-state index in [0.29, 0.717) is 12.0 Å². The van der Waals surface area contributed by atoms with Crippen molar-refractivity contribution in [1.29, 1.82) is 5.41 Å². The lowest BCUT2D eigenvalue weighted by Gasteiger charge is -2.26. The Morgan fingerprint density at radius 2 is 1.85 bits per heavy atom. The Kier molecular flexibility index (Phi) is 9.13. The van der Waals surface area contributed by atoms with E-state index in [1.165, 1.54) is 32.1 Å². The summed E-state index contributed by atoms with van der Waals surface area (Å²) in [5, 5.41) is 17.4. The van der Waals surface area contributed by atoms with Crippen LogP contribution in [0.5, 0.6) is 0 Å². The minimum atomic E-state index is -2.19. The van der Waals surface area contributed by atoms with E-state index >= 15 is 0 Å². The molecule has 0 aromatic carbocycles. The van der Waals surface area contributed by atoms with Crippen LogP contribution in [0.15, 0.2) is 24.5 Å². The first-order chi connectivity index (χ1) is 12.6. The van der Waals surface area contributed by atoms with Gasteiger partial charge in [-0.15, -0.1) is 0 Å². The summed E-state index contributed by atoms with van der Waals surface area (Å²) in [4.78, 5) is 3.95. The first kappa shape index (κ1) is 20.9. The van der Waals surface area contributed by atoms with Crippen LogP contribution in [0.2, 0.25) is 0 Å². The van der Waals surface area contributed by atoms with Crippen LogP contribution in [0.4, 0.5) is 5.69 Å². The van der Waals surface area contributed by atoms with Crippen molar-refractivity contribution >= 4 is 18.9 Å². The third-order valence-corrected chi connectivity index (χ3v) is 6.90. The predicted octanol–water partition coefficient (Wildman–Crippen LogP) is 4.41. The second-order valence-corrected chi connectivity index (χ2v) is 10.3. The summed E-state index contributed by atoms with van der Waals surface area (Å²) in [6.07, 6.45) is 14.7. The van der Waals surface area contributed by atoms with Gasteiger partial charge in [0.2, 0.25) is 0 Å². The topological polar surface area (TPSA) is 89.9 Å². The van der Waals surface area contributed by atoms with E-state index in [2.05, 4.69) is 20.7 Å². The molecule has 6 nitrogen and oxygen atoms in total. The molecular formula is C19H34N5OP. The molecule has 0 spiro atoms. The third-order valence-electron chi connectivity index (χ3n) is 4.82. The lowest BCUT2D eigenvalue weighted by molar-refractivity contribution is 0.412. The highest BCUT2D eigenvalue weighted by Gasteiger charge is 2.21. The van der Waals surface area contributed by atoms with Gasteiger partial charge in [0.15, 0.2) is 5.96 Å². The number of rotatable bonds is 10. The maximum absolute atomic E-state index is 12.7. The Bertz CT molecular complexity index is 575. The summed E-state index contributed by atoms with van der Waals surface area (Å²) < 4.78 is 12.7. The van der Waals surface area contributed by atoms with E-state index in [-0.39, 0.29) is 0 Å². The molecule has 1 aliphatic carbocycles. The fourth-order valence-electron chi connectivity index (χ4n) is 3.41. The van der Waals surface area contributed by atoms with Crippen molar-refractivity contribution in [3.8, 4) is 0 Å². The zero-order valence-corrected chi connectivity index (χ0v) is 16.9. The van der Waals surface area contributed by atoms with Crippen molar-refractivity contribution in [1.82, 2.24) is 15.4 Å². The van der Waals surface area contributed by atoms with Gasteiger partial charge in [0.25, 0.3) is 0 Å². The van der Waals surface area contributed by atoms with Crippen LogP contribution in [0, 0.1) is 5.41 Å². The molecule has 0 aliphatic heterocycles. The molecule has 1 saturated carbocycles. The average molecular weight is 379 g/mol. The predicted molar refractivity (Wildman–Crippen MR) is 110 cm³/mol. The van der Waals surface area contributed by atoms with Crippen molar-refractivity contribution < 1.29 is 4.57 Å². The van der Waals surface area contributed by atoms with Crippen molar-refractivity contribution in [3.63, 3.8) is 0 Å². The summed E-state index contributed by atoms with van der Waals surface area (Å²) in [7, 11) is -2.19. The van der Waals surface area contributed by atoms with Gasteiger partial charge in [0.1, 0.15) is 7.29 Å². The molecule has 0 radical (unpaired) electrons. The monoisotopic (exact) mass is 379 g/mol. The number of hydrogen-bond acceptors (Lipinski definition) is 3. The van der Waals surface area contributed by atoms with Gasteiger partial charge in [-0.05, 0) is 37.8 Å². The van der Waals surface area contributed by atoms with Crippen LogP contribution < -0.4 is 15.7 Å². The Hall–Kier alpha value is -1.39. The second kappa shape index (κ2) is 11.3. The summed E-state index contributed by atoms with van der Waals surface area (Å²) in [6.45, 7) is 2.69. The third kappa shape index (κ3) is 8.81. The minimum Gasteiger partial charge on any atom is -0.356 e. The van der Waals surface area contributed by atoms with E-state index in [1.54, 1.807) is 12.4 Å². The SMILES string of the molecule is CP(=O)(CCCCCCNC(=N)Nc1ccncc1)NC1CCCCC1. The van der Waals surface area contributed by atoms with Gasteiger partial charge in [0, 0.05) is 43.5 Å². The number of anilines is 1. The van der Waals surface area contributed by atoms with Crippen molar-refractivity contribution in [2.45, 2.75) is 63.8 Å². The van der Waals surface area contributed by atoms with Crippen molar-refractivity contribution in [3.05, 3.63) is 24.5 Å². The molecule has 0 bridgehead atoms. The van der Waals surface area contributed by atoms with E-state index in [0.717, 1.165) is 44.1 Å². The summed E-state index contributed by atoms with van der Waals surface area (Å²) >= 11 is 0. The van der Waals surface area contributed by atoms with Gasteiger partial charge in [-0.1, -0.05) is 32.1 Å². The highest BCUT2D eigenvalue weighted by molar-refractivity contribution is 7.61. The molecule has 1 atom stereocenters. The Morgan fingerprint density at radius 1 is 1.15 bits per heavy atom. The van der Waals surface area contributed by atoms with Crippen LogP contribution >= 0.6 is 7.29 Å². The molecule has 1 aliphatic rings. The molecule has 0 amide bonds. The summed E-state index contributed by atoms with van der Waals surface area (Å²) in [6, 6.07) is 4.14. The minimum absolute atomic E-state index is 0.311. The van der Waals surface area contributed by atoms with Gasteiger partial charge in [-0.3, -0.25) is 15.5 Å². The Labute approximate surface area is 157 Å². The molecule has 1 heterocycles. The molecule has 146 valence electrons. The van der Waals surface area contributed by atoms with Gasteiger partial charge in [0.05, 0.1) is 0 Å². The molecule has 7 heteroatoms. The van der Waals surface area contributed by atoms with Crippen LogP contribution in [-0.4, -0.2) is 36.4 Å². The van der Waals surface area contributed by atoms with E-state index in [4.69, 9.17) is 5.41 Å². The fourth-order valence-corrected chi connectivity index (χ4v) is 5.40. The Balaban J connectivity index is 1.48. The van der Waals surface area contributed by atoms with Gasteiger partial charge in [-0.25, -0.2) is 0 Å². The molecule has 0 saturated heterocycles. The molecule has 1 fully saturated rings. The highest BCUT2D eigenvalue weighted by Crippen LogP contribution is 2.39. The van der Waals surface area contributed by atoms with Crippen LogP contribution in [-0.2, 0) is 4.57 Å². The van der Waals surface area contributed by atoms with Crippen molar-refractivity contribution in [2.24, 2.45) is 0 Å². The second-order valence-electron chi connectivity index (χ2n) is 7.37. The number of unbranched alkanes of at least 4 members (excludes halogenated alkanes) is 3. The normalized spacial score (nSPS) is 17.4. The largest absolute Gasteiger partial charge is 0.356 e. The van der Waals surface area contributed by atoms with Gasteiger partial charge < -0.3 is 15.2 Å². The molecule has 26 heavy (non-hydrogen) atoms. The van der Waals surface area contributed by atoms with E-state index < -0.39 is 7.29 Å². The number of pyridine rings is 1. The Morgan fingerprint density at radius 3 is 2.58 bits per heavy atom. The first-order valence-corrected chi connectivity index (χ1v) is 12.2. The maximum Gasteiger partial charge on any atom is 0.192 e. The number of hydrogen-bond donors (Lipinski definition) is 4. The molecule has 1 aromatic heterocycles. The first-order valence-electron chi connectivity index (χ1n) is 9.89. The lowest BCUT2D eigenvalue weighted by atomic mass is 9.96. The zero-order chi connectivity index (χ0) is 18.7. The fraction of sp³-hybridized carbons (Fsp3) is 0.684. The summed E-state index contributed by atoms with van der Waals surface area (Å²) in [5.41, 5.74) is 0.863.